The highest BCUT2D eigenvalue weighted by Gasteiger charge is 2.15. The summed E-state index contributed by atoms with van der Waals surface area (Å²) in [5.41, 5.74) is 7.59. The average Bonchev–Trinajstić information content (AvgIpc) is 2.87. The molecule has 0 radical (unpaired) electrons. The van der Waals surface area contributed by atoms with Crippen LogP contribution in [0.15, 0.2) is 46.3 Å². The number of primary amides is 1. The Balaban J connectivity index is 2.26. The largest absolute Gasteiger partial charge is 0.369 e. The summed E-state index contributed by atoms with van der Waals surface area (Å²) in [4.78, 5) is 31.3. The van der Waals surface area contributed by atoms with Crippen molar-refractivity contribution in [1.82, 2.24) is 14.5 Å². The molecule has 0 aliphatic heterocycles. The first-order valence-corrected chi connectivity index (χ1v) is 7.63. The summed E-state index contributed by atoms with van der Waals surface area (Å²) in [5.74, 6) is -0.391. The average molecular weight is 314 g/mol. The fourth-order valence-electron chi connectivity index (χ4n) is 2.21. The molecule has 7 heteroatoms. The second-order valence-corrected chi connectivity index (χ2v) is 5.78. The maximum Gasteiger partial charge on any atom is 0.283 e. The number of aromatic amines is 1. The number of aromatic nitrogens is 3. The summed E-state index contributed by atoms with van der Waals surface area (Å²) in [6.07, 6.45) is 0. The van der Waals surface area contributed by atoms with Crippen molar-refractivity contribution in [1.29, 1.82) is 0 Å². The normalized spacial score (nSPS) is 11.0. The van der Waals surface area contributed by atoms with Crippen molar-refractivity contribution in [2.24, 2.45) is 5.73 Å². The summed E-state index contributed by atoms with van der Waals surface area (Å²) in [6, 6.07) is 11.0. The fourth-order valence-corrected chi connectivity index (χ4v) is 2.97. The van der Waals surface area contributed by atoms with Crippen LogP contribution in [0.3, 0.4) is 0 Å². The van der Waals surface area contributed by atoms with Crippen LogP contribution in [0.25, 0.3) is 16.7 Å². The predicted octanol–water partition coefficient (Wildman–Crippen LogP) is 1.60. The van der Waals surface area contributed by atoms with Crippen LogP contribution in [0, 0.1) is 6.92 Å². The first-order valence-electron chi connectivity index (χ1n) is 6.65. The molecule has 0 aliphatic rings. The van der Waals surface area contributed by atoms with Crippen LogP contribution >= 0.6 is 11.8 Å². The Morgan fingerprint density at radius 2 is 2.09 bits per heavy atom. The molecule has 6 nitrogen and oxygen atoms in total. The van der Waals surface area contributed by atoms with E-state index in [0.29, 0.717) is 21.9 Å². The van der Waals surface area contributed by atoms with E-state index in [9.17, 15) is 9.59 Å². The lowest BCUT2D eigenvalue weighted by Crippen LogP contribution is -2.23. The molecule has 2 heterocycles. The molecule has 0 unspecified atom stereocenters. The molecule has 0 bridgehead atoms. The minimum Gasteiger partial charge on any atom is -0.369 e. The molecule has 3 N–H and O–H groups in total. The van der Waals surface area contributed by atoms with Crippen molar-refractivity contribution < 1.29 is 4.79 Å². The number of fused-ring (bicyclic) bond motifs is 1. The smallest absolute Gasteiger partial charge is 0.283 e. The van der Waals surface area contributed by atoms with Gasteiger partial charge in [0.2, 0.25) is 5.91 Å². The van der Waals surface area contributed by atoms with Gasteiger partial charge in [0.15, 0.2) is 5.16 Å². The van der Waals surface area contributed by atoms with Gasteiger partial charge in [0.05, 0.1) is 17.0 Å². The fraction of sp³-hybridized carbons (Fsp3) is 0.133. The van der Waals surface area contributed by atoms with Crippen molar-refractivity contribution in [2.45, 2.75) is 12.1 Å². The highest BCUT2D eigenvalue weighted by atomic mass is 32.2. The molecule has 3 aromatic rings. The van der Waals surface area contributed by atoms with Gasteiger partial charge in [-0.25, -0.2) is 4.98 Å². The molecular weight excluding hydrogens is 300 g/mol. The summed E-state index contributed by atoms with van der Waals surface area (Å²) in [5, 5.41) is 0.446. The van der Waals surface area contributed by atoms with E-state index >= 15 is 0 Å². The highest BCUT2D eigenvalue weighted by molar-refractivity contribution is 7.99. The second-order valence-electron chi connectivity index (χ2n) is 4.84. The maximum atomic E-state index is 12.8. The molecule has 0 fully saturated rings. The number of rotatable bonds is 4. The van der Waals surface area contributed by atoms with Gasteiger partial charge in [-0.1, -0.05) is 30.0 Å². The Labute approximate surface area is 130 Å². The van der Waals surface area contributed by atoms with Gasteiger partial charge >= 0.3 is 0 Å². The van der Waals surface area contributed by atoms with Crippen molar-refractivity contribution >= 4 is 28.7 Å². The van der Waals surface area contributed by atoms with E-state index in [-0.39, 0.29) is 11.3 Å². The van der Waals surface area contributed by atoms with Crippen LogP contribution < -0.4 is 11.3 Å². The maximum absolute atomic E-state index is 12.8. The standard InChI is InChI=1S/C15H14N4O2S/c1-9-7-11-13(17-9)14(21)19(10-5-3-2-4-6-10)15(18-11)22-8-12(16)20/h2-7,17H,8H2,1H3,(H2,16,20). The van der Waals surface area contributed by atoms with Crippen LogP contribution in [-0.4, -0.2) is 26.2 Å². The number of thioether (sulfide) groups is 1. The van der Waals surface area contributed by atoms with Crippen molar-refractivity contribution in [3.8, 4) is 5.69 Å². The predicted molar refractivity (Wildman–Crippen MR) is 86.3 cm³/mol. The van der Waals surface area contributed by atoms with Crippen molar-refractivity contribution in [2.75, 3.05) is 5.75 Å². The van der Waals surface area contributed by atoms with Crippen LogP contribution in [0.1, 0.15) is 5.69 Å². The number of hydrogen-bond donors (Lipinski definition) is 2. The summed E-state index contributed by atoms with van der Waals surface area (Å²) in [7, 11) is 0. The van der Waals surface area contributed by atoms with Gasteiger partial charge in [-0.3, -0.25) is 14.2 Å². The molecule has 22 heavy (non-hydrogen) atoms. The number of nitrogens with two attached hydrogens (primary N) is 1. The molecule has 2 aromatic heterocycles. The van der Waals surface area contributed by atoms with Gasteiger partial charge < -0.3 is 10.7 Å². The van der Waals surface area contributed by atoms with E-state index in [2.05, 4.69) is 9.97 Å². The molecule has 3 rings (SSSR count). The number of aryl methyl sites for hydroxylation is 1. The number of nitrogens with one attached hydrogen (secondary N) is 1. The SMILES string of the molecule is Cc1cc2nc(SCC(N)=O)n(-c3ccccc3)c(=O)c2[nH]1. The molecule has 1 amide bonds. The van der Waals surface area contributed by atoms with Crippen molar-refractivity contribution in [3.63, 3.8) is 0 Å². The molecule has 0 atom stereocenters. The lowest BCUT2D eigenvalue weighted by Gasteiger charge is -2.11. The molecule has 112 valence electrons. The Hall–Kier alpha value is -2.54. The second kappa shape index (κ2) is 5.69. The lowest BCUT2D eigenvalue weighted by atomic mass is 10.3. The summed E-state index contributed by atoms with van der Waals surface area (Å²) >= 11 is 1.15. The monoisotopic (exact) mass is 314 g/mol. The van der Waals surface area contributed by atoms with Gasteiger partial charge in [-0.2, -0.15) is 0 Å². The minimum absolute atomic E-state index is 0.0637. The van der Waals surface area contributed by atoms with Crippen molar-refractivity contribution in [3.05, 3.63) is 52.4 Å². The third-order valence-electron chi connectivity index (χ3n) is 3.11. The molecule has 0 saturated carbocycles. The topological polar surface area (TPSA) is 93.8 Å². The van der Waals surface area contributed by atoms with Gasteiger partial charge in [-0.05, 0) is 25.1 Å². The molecule has 0 aliphatic carbocycles. The zero-order valence-electron chi connectivity index (χ0n) is 11.9. The third-order valence-corrected chi connectivity index (χ3v) is 4.07. The summed E-state index contributed by atoms with van der Waals surface area (Å²) < 4.78 is 1.49. The lowest BCUT2D eigenvalue weighted by molar-refractivity contribution is -0.115. The minimum atomic E-state index is -0.454. The number of benzene rings is 1. The molecular formula is C15H14N4O2S. The first-order chi connectivity index (χ1) is 10.6. The van der Waals surface area contributed by atoms with E-state index in [0.717, 1.165) is 17.5 Å². The van der Waals surface area contributed by atoms with E-state index in [1.54, 1.807) is 6.07 Å². The Bertz CT molecular complexity index is 899. The number of carbonyl (C=O) groups excluding carboxylic acids is 1. The number of para-hydroxylation sites is 1. The Morgan fingerprint density at radius 3 is 2.77 bits per heavy atom. The molecule has 0 spiro atoms. The van der Waals surface area contributed by atoms with Gasteiger partial charge in [-0.15, -0.1) is 0 Å². The third kappa shape index (κ3) is 2.62. The number of hydrogen-bond acceptors (Lipinski definition) is 4. The Kier molecular flexibility index (Phi) is 3.72. The Morgan fingerprint density at radius 1 is 1.36 bits per heavy atom. The van der Waals surface area contributed by atoms with Crippen LogP contribution in [0.5, 0.6) is 0 Å². The van der Waals surface area contributed by atoms with Gasteiger partial charge in [0.25, 0.3) is 5.56 Å². The van der Waals surface area contributed by atoms with E-state index < -0.39 is 5.91 Å². The molecule has 0 saturated heterocycles. The van der Waals surface area contributed by atoms with Crippen LogP contribution in [0.4, 0.5) is 0 Å². The molecule has 1 aromatic carbocycles. The van der Waals surface area contributed by atoms with Crippen LogP contribution in [0.2, 0.25) is 0 Å². The zero-order valence-corrected chi connectivity index (χ0v) is 12.7. The zero-order chi connectivity index (χ0) is 15.7. The number of carbonyl (C=O) groups is 1. The summed E-state index contributed by atoms with van der Waals surface area (Å²) in [6.45, 7) is 1.87. The number of H-pyrrole nitrogens is 1. The quantitative estimate of drug-likeness (QED) is 0.565. The highest BCUT2D eigenvalue weighted by Crippen LogP contribution is 2.21. The van der Waals surface area contributed by atoms with E-state index in [1.165, 1.54) is 4.57 Å². The number of amides is 1. The van der Waals surface area contributed by atoms with Gasteiger partial charge in [0.1, 0.15) is 5.52 Å². The first kappa shape index (κ1) is 14.4. The van der Waals surface area contributed by atoms with E-state index in [4.69, 9.17) is 5.73 Å². The number of nitrogens with zero attached hydrogens (tertiary/aromatic N) is 2. The van der Waals surface area contributed by atoms with Crippen LogP contribution in [-0.2, 0) is 4.79 Å². The van der Waals surface area contributed by atoms with E-state index in [1.807, 2.05) is 37.3 Å². The van der Waals surface area contributed by atoms with Gasteiger partial charge in [0, 0.05) is 5.69 Å².